The average Bonchev–Trinajstić information content (AvgIpc) is 2.53. The van der Waals surface area contributed by atoms with Gasteiger partial charge in [-0.05, 0) is 30.5 Å². The topological polar surface area (TPSA) is 101 Å². The van der Waals surface area contributed by atoms with E-state index in [0.717, 1.165) is 18.2 Å². The first-order chi connectivity index (χ1) is 12.2. The van der Waals surface area contributed by atoms with Gasteiger partial charge in [-0.2, -0.15) is 4.98 Å². The fraction of sp³-hybridized carbons (Fsp3) is 0.375. The number of rotatable bonds is 4. The fourth-order valence-corrected chi connectivity index (χ4v) is 3.78. The normalized spacial score (nSPS) is 16.6. The lowest BCUT2D eigenvalue weighted by atomic mass is 10.1. The van der Waals surface area contributed by atoms with Crippen molar-refractivity contribution in [2.45, 2.75) is 18.9 Å². The molecule has 0 saturated carbocycles. The Bertz CT molecular complexity index is 895. The summed E-state index contributed by atoms with van der Waals surface area (Å²) < 4.78 is 51.2. The zero-order valence-corrected chi connectivity index (χ0v) is 14.9. The van der Waals surface area contributed by atoms with Crippen LogP contribution in [0.15, 0.2) is 24.4 Å². The number of nitrogens with two attached hydrogens (primary N) is 1. The van der Waals surface area contributed by atoms with Gasteiger partial charge in [0, 0.05) is 37.0 Å². The first-order valence-electron chi connectivity index (χ1n) is 8.03. The Morgan fingerprint density at radius 1 is 1.19 bits per heavy atom. The number of benzene rings is 1. The molecule has 10 heteroatoms. The van der Waals surface area contributed by atoms with Crippen molar-refractivity contribution in [2.24, 2.45) is 0 Å². The third-order valence-electron chi connectivity index (χ3n) is 4.25. The SMILES string of the molecule is CS(=O)(=O)N1CCC(Nc2ncc(-c3cc(F)cc(F)c3)c(N)n2)CC1. The summed E-state index contributed by atoms with van der Waals surface area (Å²) >= 11 is 0. The van der Waals surface area contributed by atoms with E-state index >= 15 is 0 Å². The second kappa shape index (κ2) is 7.12. The molecule has 0 unspecified atom stereocenters. The first kappa shape index (κ1) is 18.5. The summed E-state index contributed by atoms with van der Waals surface area (Å²) in [5, 5.41) is 3.12. The maximum atomic E-state index is 13.4. The highest BCUT2D eigenvalue weighted by molar-refractivity contribution is 7.88. The van der Waals surface area contributed by atoms with Gasteiger partial charge in [-0.15, -0.1) is 0 Å². The maximum absolute atomic E-state index is 13.4. The van der Waals surface area contributed by atoms with Gasteiger partial charge in [0.15, 0.2) is 0 Å². The predicted octanol–water partition coefficient (Wildman–Crippen LogP) is 1.84. The Hall–Kier alpha value is -2.33. The third kappa shape index (κ3) is 4.25. The summed E-state index contributed by atoms with van der Waals surface area (Å²) in [6, 6.07) is 3.11. The van der Waals surface area contributed by atoms with Gasteiger partial charge >= 0.3 is 0 Å². The van der Waals surface area contributed by atoms with E-state index in [1.165, 1.54) is 16.8 Å². The molecule has 3 N–H and O–H groups in total. The molecule has 7 nitrogen and oxygen atoms in total. The molecule has 0 amide bonds. The van der Waals surface area contributed by atoms with Gasteiger partial charge in [0.05, 0.1) is 6.26 Å². The minimum absolute atomic E-state index is 0.0184. The number of sulfonamides is 1. The standard InChI is InChI=1S/C16H19F2N5O2S/c1-26(24,25)23-4-2-13(3-5-23)21-16-20-9-14(15(19)22-16)10-6-11(17)8-12(18)7-10/h6-9,13H,2-5H2,1H3,(H3,19,20,21,22). The van der Waals surface area contributed by atoms with Gasteiger partial charge in [-0.1, -0.05) is 0 Å². The second-order valence-electron chi connectivity index (χ2n) is 6.23. The Kier molecular flexibility index (Phi) is 5.05. The quantitative estimate of drug-likeness (QED) is 0.835. The predicted molar refractivity (Wildman–Crippen MR) is 94.9 cm³/mol. The molecule has 0 spiro atoms. The maximum Gasteiger partial charge on any atom is 0.224 e. The van der Waals surface area contributed by atoms with Crippen LogP contribution in [0, 0.1) is 11.6 Å². The molecule has 1 aromatic heterocycles. The molecule has 2 aromatic rings. The van der Waals surface area contributed by atoms with Crippen LogP contribution < -0.4 is 11.1 Å². The summed E-state index contributed by atoms with van der Waals surface area (Å²) in [5.74, 6) is -1.03. The highest BCUT2D eigenvalue weighted by Gasteiger charge is 2.25. The number of piperidine rings is 1. The third-order valence-corrected chi connectivity index (χ3v) is 5.55. The van der Waals surface area contributed by atoms with Gasteiger partial charge < -0.3 is 11.1 Å². The van der Waals surface area contributed by atoms with Crippen LogP contribution in [0.25, 0.3) is 11.1 Å². The lowest BCUT2D eigenvalue weighted by Crippen LogP contribution is -2.42. The Morgan fingerprint density at radius 3 is 2.35 bits per heavy atom. The van der Waals surface area contributed by atoms with Gasteiger partial charge in [0.2, 0.25) is 16.0 Å². The van der Waals surface area contributed by atoms with Crippen LogP contribution >= 0.6 is 0 Å². The van der Waals surface area contributed by atoms with Crippen molar-refractivity contribution in [1.82, 2.24) is 14.3 Å². The van der Waals surface area contributed by atoms with Crippen molar-refractivity contribution in [2.75, 3.05) is 30.4 Å². The number of hydrogen-bond acceptors (Lipinski definition) is 6. The van der Waals surface area contributed by atoms with E-state index in [0.29, 0.717) is 37.4 Å². The van der Waals surface area contributed by atoms with Crippen LogP contribution in [0.2, 0.25) is 0 Å². The van der Waals surface area contributed by atoms with Crippen molar-refractivity contribution in [3.8, 4) is 11.1 Å². The molecule has 1 aliphatic rings. The van der Waals surface area contributed by atoms with E-state index in [1.54, 1.807) is 0 Å². The number of nitrogens with one attached hydrogen (secondary N) is 1. The molecule has 3 rings (SSSR count). The van der Waals surface area contributed by atoms with E-state index in [4.69, 9.17) is 5.73 Å². The number of anilines is 2. The van der Waals surface area contributed by atoms with Crippen molar-refractivity contribution in [1.29, 1.82) is 0 Å². The molecular formula is C16H19F2N5O2S. The number of nitrogen functional groups attached to an aromatic ring is 1. The second-order valence-corrected chi connectivity index (χ2v) is 8.21. The van der Waals surface area contributed by atoms with Crippen LogP contribution in [0.5, 0.6) is 0 Å². The van der Waals surface area contributed by atoms with Gasteiger partial charge in [0.25, 0.3) is 0 Å². The minimum atomic E-state index is -3.18. The van der Waals surface area contributed by atoms with E-state index in [9.17, 15) is 17.2 Å². The summed E-state index contributed by atoms with van der Waals surface area (Å²) in [4.78, 5) is 8.31. The lowest BCUT2D eigenvalue weighted by molar-refractivity contribution is 0.331. The monoisotopic (exact) mass is 383 g/mol. The van der Waals surface area contributed by atoms with E-state index in [1.807, 2.05) is 0 Å². The molecule has 140 valence electrons. The molecule has 0 atom stereocenters. The Balaban J connectivity index is 1.71. The van der Waals surface area contributed by atoms with Crippen LogP contribution in [0.3, 0.4) is 0 Å². The molecule has 1 aliphatic heterocycles. The molecule has 0 aliphatic carbocycles. The van der Waals surface area contributed by atoms with Gasteiger partial charge in [-0.3, -0.25) is 0 Å². The number of aromatic nitrogens is 2. The molecular weight excluding hydrogens is 364 g/mol. The number of halogens is 2. The highest BCUT2D eigenvalue weighted by atomic mass is 32.2. The van der Waals surface area contributed by atoms with Crippen LogP contribution in [0.4, 0.5) is 20.5 Å². The number of hydrogen-bond donors (Lipinski definition) is 2. The lowest BCUT2D eigenvalue weighted by Gasteiger charge is -2.30. The van der Waals surface area contributed by atoms with Crippen molar-refractivity contribution < 1.29 is 17.2 Å². The van der Waals surface area contributed by atoms with Gasteiger partial charge in [-0.25, -0.2) is 26.5 Å². The van der Waals surface area contributed by atoms with Crippen molar-refractivity contribution in [3.63, 3.8) is 0 Å². The minimum Gasteiger partial charge on any atom is -0.383 e. The molecule has 26 heavy (non-hydrogen) atoms. The molecule has 0 radical (unpaired) electrons. The van der Waals surface area contributed by atoms with Crippen LogP contribution in [0.1, 0.15) is 12.8 Å². The summed E-state index contributed by atoms with van der Waals surface area (Å²) in [6.07, 6.45) is 3.84. The zero-order chi connectivity index (χ0) is 18.9. The summed E-state index contributed by atoms with van der Waals surface area (Å²) in [5.41, 5.74) is 6.51. The molecule has 1 fully saturated rings. The van der Waals surface area contributed by atoms with Crippen LogP contribution in [-0.2, 0) is 10.0 Å². The molecule has 1 aromatic carbocycles. The Morgan fingerprint density at radius 2 is 1.81 bits per heavy atom. The molecule has 1 saturated heterocycles. The van der Waals surface area contributed by atoms with Crippen molar-refractivity contribution >= 4 is 21.8 Å². The highest BCUT2D eigenvalue weighted by Crippen LogP contribution is 2.26. The van der Waals surface area contributed by atoms with Crippen molar-refractivity contribution in [3.05, 3.63) is 36.0 Å². The summed E-state index contributed by atoms with van der Waals surface area (Å²) in [6.45, 7) is 0.846. The zero-order valence-electron chi connectivity index (χ0n) is 14.1. The number of nitrogens with zero attached hydrogens (tertiary/aromatic N) is 3. The largest absolute Gasteiger partial charge is 0.383 e. The fourth-order valence-electron chi connectivity index (χ4n) is 2.91. The molecule has 0 bridgehead atoms. The first-order valence-corrected chi connectivity index (χ1v) is 9.88. The Labute approximate surface area is 150 Å². The average molecular weight is 383 g/mol. The van der Waals surface area contributed by atoms with Crippen LogP contribution in [-0.4, -0.2) is 48.1 Å². The van der Waals surface area contributed by atoms with Gasteiger partial charge in [0.1, 0.15) is 17.5 Å². The van der Waals surface area contributed by atoms with E-state index in [-0.39, 0.29) is 17.4 Å². The van der Waals surface area contributed by atoms with E-state index in [2.05, 4.69) is 15.3 Å². The summed E-state index contributed by atoms with van der Waals surface area (Å²) in [7, 11) is -3.18. The smallest absolute Gasteiger partial charge is 0.224 e. The molecule has 2 heterocycles. The van der Waals surface area contributed by atoms with E-state index < -0.39 is 21.7 Å².